The lowest BCUT2D eigenvalue weighted by atomic mass is 9.71. The van der Waals surface area contributed by atoms with Crippen LogP contribution in [-0.2, 0) is 9.59 Å². The summed E-state index contributed by atoms with van der Waals surface area (Å²) in [4.78, 5) is 21.4. The summed E-state index contributed by atoms with van der Waals surface area (Å²) in [6.07, 6.45) is 2.53. The fourth-order valence-corrected chi connectivity index (χ4v) is 1.29. The summed E-state index contributed by atoms with van der Waals surface area (Å²) in [5.74, 6) is -1.76. The number of carbonyl (C=O) groups excluding carboxylic acids is 1. The zero-order valence-electron chi connectivity index (χ0n) is 6.12. The lowest BCUT2D eigenvalue weighted by Crippen LogP contribution is -2.37. The fraction of sp³-hybridized carbons (Fsp3) is 0.500. The summed E-state index contributed by atoms with van der Waals surface area (Å²) in [5.41, 5.74) is 0. The minimum Gasteiger partial charge on any atom is -0.481 e. The van der Waals surface area contributed by atoms with Crippen molar-refractivity contribution in [1.29, 1.82) is 0 Å². The van der Waals surface area contributed by atoms with Gasteiger partial charge in [0.15, 0.2) is 5.78 Å². The van der Waals surface area contributed by atoms with Gasteiger partial charge in [0.1, 0.15) is 0 Å². The molecule has 3 heteroatoms. The van der Waals surface area contributed by atoms with Crippen LogP contribution in [-0.4, -0.2) is 16.9 Å². The highest BCUT2D eigenvalue weighted by molar-refractivity contribution is 5.95. The molecule has 1 fully saturated rings. The Balaban J connectivity index is 2.56. The Morgan fingerprint density at radius 3 is 2.18 bits per heavy atom. The first-order valence-electron chi connectivity index (χ1n) is 3.56. The molecule has 2 unspecified atom stereocenters. The van der Waals surface area contributed by atoms with Gasteiger partial charge in [0, 0.05) is 5.92 Å². The van der Waals surface area contributed by atoms with Gasteiger partial charge in [0.25, 0.3) is 0 Å². The largest absolute Gasteiger partial charge is 0.481 e. The van der Waals surface area contributed by atoms with Crippen LogP contribution in [0.3, 0.4) is 0 Å². The Labute approximate surface area is 64.7 Å². The van der Waals surface area contributed by atoms with Gasteiger partial charge in [-0.3, -0.25) is 9.59 Å². The quantitative estimate of drug-likeness (QED) is 0.613. The van der Waals surface area contributed by atoms with E-state index in [-0.39, 0.29) is 11.7 Å². The molecule has 1 rings (SSSR count). The van der Waals surface area contributed by atoms with Gasteiger partial charge in [-0.05, 0) is 18.9 Å². The maximum Gasteiger partial charge on any atom is 0.307 e. The van der Waals surface area contributed by atoms with Crippen molar-refractivity contribution in [3.05, 3.63) is 12.7 Å². The van der Waals surface area contributed by atoms with Gasteiger partial charge in [0.05, 0.1) is 5.92 Å². The van der Waals surface area contributed by atoms with E-state index < -0.39 is 11.9 Å². The average molecular weight is 154 g/mol. The summed E-state index contributed by atoms with van der Waals surface area (Å²) in [7, 11) is 0. The Morgan fingerprint density at radius 1 is 1.36 bits per heavy atom. The molecule has 0 heterocycles. The average Bonchev–Trinajstić information content (AvgIpc) is 1.83. The highest BCUT2D eigenvalue weighted by Crippen LogP contribution is 2.35. The maximum absolute atomic E-state index is 10.9. The number of rotatable bonds is 3. The van der Waals surface area contributed by atoms with Crippen molar-refractivity contribution in [1.82, 2.24) is 0 Å². The third-order valence-electron chi connectivity index (χ3n) is 2.16. The van der Waals surface area contributed by atoms with Crippen molar-refractivity contribution in [2.24, 2.45) is 11.8 Å². The second-order valence-corrected chi connectivity index (χ2v) is 2.74. The number of hydrogen-bond acceptors (Lipinski definition) is 2. The molecule has 1 aliphatic carbocycles. The van der Waals surface area contributed by atoms with Gasteiger partial charge >= 0.3 is 5.97 Å². The minimum absolute atomic E-state index is 0.136. The van der Waals surface area contributed by atoms with E-state index in [0.717, 1.165) is 0 Å². The number of hydrogen-bond donors (Lipinski definition) is 1. The van der Waals surface area contributed by atoms with E-state index in [2.05, 4.69) is 6.58 Å². The van der Waals surface area contributed by atoms with Crippen molar-refractivity contribution in [3.8, 4) is 0 Å². The highest BCUT2D eigenvalue weighted by atomic mass is 16.4. The molecule has 0 bridgehead atoms. The Bertz CT molecular complexity index is 207. The predicted octanol–water partition coefficient (Wildman–Crippen LogP) is 0.852. The van der Waals surface area contributed by atoms with Crippen LogP contribution in [0.4, 0.5) is 0 Å². The second kappa shape index (κ2) is 2.86. The predicted molar refractivity (Wildman–Crippen MR) is 39.1 cm³/mol. The molecule has 60 valence electrons. The van der Waals surface area contributed by atoms with E-state index in [0.29, 0.717) is 12.8 Å². The first-order valence-corrected chi connectivity index (χ1v) is 3.56. The SMILES string of the molecule is C=CC(=O)C1CCC1C(=O)O. The lowest BCUT2D eigenvalue weighted by Gasteiger charge is -2.30. The maximum atomic E-state index is 10.9. The third kappa shape index (κ3) is 1.31. The summed E-state index contributed by atoms with van der Waals surface area (Å²) < 4.78 is 0. The van der Waals surface area contributed by atoms with Crippen molar-refractivity contribution in [2.75, 3.05) is 0 Å². The smallest absolute Gasteiger partial charge is 0.307 e. The zero-order valence-corrected chi connectivity index (χ0v) is 6.12. The van der Waals surface area contributed by atoms with Crippen molar-refractivity contribution >= 4 is 11.8 Å². The van der Waals surface area contributed by atoms with Crippen molar-refractivity contribution < 1.29 is 14.7 Å². The molecule has 1 N–H and O–H groups in total. The molecule has 0 aromatic heterocycles. The highest BCUT2D eigenvalue weighted by Gasteiger charge is 2.39. The van der Waals surface area contributed by atoms with E-state index in [4.69, 9.17) is 5.11 Å². The summed E-state index contributed by atoms with van der Waals surface area (Å²) in [5, 5.41) is 8.56. The molecule has 0 saturated heterocycles. The molecule has 1 aliphatic rings. The van der Waals surface area contributed by atoms with Gasteiger partial charge in [-0.1, -0.05) is 6.58 Å². The van der Waals surface area contributed by atoms with E-state index >= 15 is 0 Å². The fourth-order valence-electron chi connectivity index (χ4n) is 1.29. The van der Waals surface area contributed by atoms with E-state index in [9.17, 15) is 9.59 Å². The number of aliphatic carboxylic acids is 1. The lowest BCUT2D eigenvalue weighted by molar-refractivity contribution is -0.150. The molecule has 0 aromatic rings. The van der Waals surface area contributed by atoms with Gasteiger partial charge in [0.2, 0.25) is 0 Å². The Hall–Kier alpha value is -1.12. The number of ketones is 1. The number of allylic oxidation sites excluding steroid dienone is 1. The summed E-state index contributed by atoms with van der Waals surface area (Å²) in [6, 6.07) is 0. The standard InChI is InChI=1S/C8H10O3/c1-2-7(9)5-3-4-6(5)8(10)11/h2,5-6H,1,3-4H2,(H,10,11). The van der Waals surface area contributed by atoms with Crippen LogP contribution in [0.1, 0.15) is 12.8 Å². The van der Waals surface area contributed by atoms with E-state index in [1.165, 1.54) is 6.08 Å². The molecule has 0 aromatic carbocycles. The molecule has 1 saturated carbocycles. The topological polar surface area (TPSA) is 54.4 Å². The molecule has 2 atom stereocenters. The Morgan fingerprint density at radius 2 is 1.91 bits per heavy atom. The molecule has 3 nitrogen and oxygen atoms in total. The van der Waals surface area contributed by atoms with Crippen LogP contribution < -0.4 is 0 Å². The number of carboxylic acid groups (broad SMARTS) is 1. The number of carbonyl (C=O) groups is 2. The van der Waals surface area contributed by atoms with E-state index in [1.807, 2.05) is 0 Å². The molecule has 0 spiro atoms. The van der Waals surface area contributed by atoms with Crippen LogP contribution in [0.5, 0.6) is 0 Å². The van der Waals surface area contributed by atoms with Gasteiger partial charge in [-0.2, -0.15) is 0 Å². The second-order valence-electron chi connectivity index (χ2n) is 2.74. The van der Waals surface area contributed by atoms with Crippen LogP contribution in [0.25, 0.3) is 0 Å². The molecular weight excluding hydrogens is 144 g/mol. The summed E-state index contributed by atoms with van der Waals surface area (Å²) >= 11 is 0. The van der Waals surface area contributed by atoms with Crippen molar-refractivity contribution in [2.45, 2.75) is 12.8 Å². The van der Waals surface area contributed by atoms with Crippen LogP contribution >= 0.6 is 0 Å². The number of carboxylic acids is 1. The first-order chi connectivity index (χ1) is 5.16. The molecule has 0 amide bonds. The molecule has 0 radical (unpaired) electrons. The minimum atomic E-state index is -0.864. The molecular formula is C8H10O3. The van der Waals surface area contributed by atoms with Crippen LogP contribution in [0, 0.1) is 11.8 Å². The first kappa shape index (κ1) is 7.98. The van der Waals surface area contributed by atoms with Crippen molar-refractivity contribution in [3.63, 3.8) is 0 Å². The van der Waals surface area contributed by atoms with Crippen LogP contribution in [0.15, 0.2) is 12.7 Å². The van der Waals surface area contributed by atoms with Crippen LogP contribution in [0.2, 0.25) is 0 Å². The monoisotopic (exact) mass is 154 g/mol. The van der Waals surface area contributed by atoms with Gasteiger partial charge < -0.3 is 5.11 Å². The zero-order chi connectivity index (χ0) is 8.43. The van der Waals surface area contributed by atoms with Gasteiger partial charge in [-0.25, -0.2) is 0 Å². The molecule has 0 aliphatic heterocycles. The third-order valence-corrected chi connectivity index (χ3v) is 2.16. The normalized spacial score (nSPS) is 28.7. The molecule has 11 heavy (non-hydrogen) atoms. The van der Waals surface area contributed by atoms with E-state index in [1.54, 1.807) is 0 Å². The Kier molecular flexibility index (Phi) is 2.08. The van der Waals surface area contributed by atoms with Gasteiger partial charge in [-0.15, -0.1) is 0 Å². The summed E-state index contributed by atoms with van der Waals surface area (Å²) in [6.45, 7) is 3.31.